The van der Waals surface area contributed by atoms with E-state index in [0.29, 0.717) is 27.3 Å². The number of nitrogens with one attached hydrogen (secondary N) is 1. The van der Waals surface area contributed by atoms with Crippen LogP contribution in [0.4, 0.5) is 0 Å². The van der Waals surface area contributed by atoms with E-state index in [0.717, 1.165) is 23.7 Å². The first-order valence-corrected chi connectivity index (χ1v) is 11.2. The molecule has 1 N–H and O–H groups in total. The number of aromatic nitrogens is 2. The Labute approximate surface area is 189 Å². The lowest BCUT2D eigenvalue weighted by Gasteiger charge is -2.13. The lowest BCUT2D eigenvalue weighted by molar-refractivity contribution is -0.117. The van der Waals surface area contributed by atoms with Crippen molar-refractivity contribution in [1.29, 1.82) is 0 Å². The molecular weight excluding hydrogens is 422 g/mol. The van der Waals surface area contributed by atoms with Crippen LogP contribution in [0.1, 0.15) is 22.8 Å². The van der Waals surface area contributed by atoms with Crippen LogP contribution in [0.2, 0.25) is 0 Å². The number of hydrogen-bond acceptors (Lipinski definition) is 5. The topological polar surface area (TPSA) is 81.1 Å². The van der Waals surface area contributed by atoms with E-state index < -0.39 is 11.8 Å². The van der Waals surface area contributed by atoms with Crippen molar-refractivity contribution in [3.63, 3.8) is 0 Å². The normalized spacial score (nSPS) is 10.8. The number of benzene rings is 3. The number of fused-ring (bicyclic) bond motifs is 1. The molecule has 0 saturated heterocycles. The number of thioether (sulfide) groups is 1. The molecule has 0 aliphatic carbocycles. The highest BCUT2D eigenvalue weighted by Crippen LogP contribution is 2.21. The summed E-state index contributed by atoms with van der Waals surface area (Å²) in [6.07, 6.45) is 0.891. The van der Waals surface area contributed by atoms with E-state index in [1.165, 1.54) is 4.57 Å². The van der Waals surface area contributed by atoms with E-state index in [1.807, 2.05) is 30.3 Å². The van der Waals surface area contributed by atoms with Crippen molar-refractivity contribution >= 4 is 34.5 Å². The van der Waals surface area contributed by atoms with Gasteiger partial charge in [-0.3, -0.25) is 24.3 Å². The molecule has 1 heterocycles. The van der Waals surface area contributed by atoms with Gasteiger partial charge in [0, 0.05) is 5.56 Å². The van der Waals surface area contributed by atoms with Gasteiger partial charge < -0.3 is 0 Å². The third-order valence-corrected chi connectivity index (χ3v) is 5.91. The first-order valence-electron chi connectivity index (χ1n) is 10.2. The first kappa shape index (κ1) is 21.5. The van der Waals surface area contributed by atoms with Crippen molar-refractivity contribution < 1.29 is 9.59 Å². The van der Waals surface area contributed by atoms with Crippen LogP contribution in [0, 0.1) is 0 Å². The van der Waals surface area contributed by atoms with Crippen molar-refractivity contribution in [3.05, 3.63) is 100 Å². The van der Waals surface area contributed by atoms with Crippen LogP contribution in [0.25, 0.3) is 16.6 Å². The quantitative estimate of drug-likeness (QED) is 0.360. The number of nitrogens with zero attached hydrogens (tertiary/aromatic N) is 2. The summed E-state index contributed by atoms with van der Waals surface area (Å²) in [7, 11) is 0. The maximum absolute atomic E-state index is 13.3. The minimum atomic E-state index is -0.463. The zero-order valence-corrected chi connectivity index (χ0v) is 18.3. The van der Waals surface area contributed by atoms with Crippen molar-refractivity contribution in [3.8, 4) is 5.69 Å². The molecule has 3 aromatic carbocycles. The summed E-state index contributed by atoms with van der Waals surface area (Å²) >= 11 is 1.11. The van der Waals surface area contributed by atoms with E-state index in [1.54, 1.807) is 48.5 Å². The fourth-order valence-electron chi connectivity index (χ4n) is 3.27. The number of amides is 2. The van der Waals surface area contributed by atoms with Crippen LogP contribution in [0.3, 0.4) is 0 Å². The molecular formula is C25H21N3O3S. The summed E-state index contributed by atoms with van der Waals surface area (Å²) in [6, 6.07) is 23.3. The largest absolute Gasteiger partial charge is 0.292 e. The van der Waals surface area contributed by atoms with E-state index in [4.69, 9.17) is 0 Å². The van der Waals surface area contributed by atoms with Crippen molar-refractivity contribution in [2.75, 3.05) is 5.75 Å². The van der Waals surface area contributed by atoms with Crippen LogP contribution in [0.15, 0.2) is 88.8 Å². The zero-order valence-electron chi connectivity index (χ0n) is 17.4. The number of hydrogen-bond donors (Lipinski definition) is 1. The molecule has 0 bridgehead atoms. The maximum Gasteiger partial charge on any atom is 0.266 e. The second-order valence-corrected chi connectivity index (χ2v) is 8.05. The Bertz CT molecular complexity index is 1330. The molecule has 32 heavy (non-hydrogen) atoms. The Kier molecular flexibility index (Phi) is 6.47. The Morgan fingerprint density at radius 2 is 1.62 bits per heavy atom. The van der Waals surface area contributed by atoms with Gasteiger partial charge in [0.15, 0.2) is 5.16 Å². The third kappa shape index (κ3) is 4.63. The van der Waals surface area contributed by atoms with Crippen molar-refractivity contribution in [2.45, 2.75) is 18.5 Å². The number of rotatable bonds is 6. The van der Waals surface area contributed by atoms with Gasteiger partial charge in [0.1, 0.15) is 0 Å². The van der Waals surface area contributed by atoms with Crippen LogP contribution in [0.5, 0.6) is 0 Å². The van der Waals surface area contributed by atoms with Crippen LogP contribution in [-0.4, -0.2) is 27.1 Å². The third-order valence-electron chi connectivity index (χ3n) is 4.97. The standard InChI is InChI=1S/C25H21N3O3S/c1-2-17-12-14-19(15-13-17)28-24(31)20-10-6-7-11-21(20)26-25(28)32-16-22(29)27-23(30)18-8-4-3-5-9-18/h3-15H,2,16H2,1H3,(H,27,29,30). The summed E-state index contributed by atoms with van der Waals surface area (Å²) in [6.45, 7) is 2.06. The lowest BCUT2D eigenvalue weighted by Crippen LogP contribution is -2.32. The summed E-state index contributed by atoms with van der Waals surface area (Å²) < 4.78 is 1.51. The summed E-state index contributed by atoms with van der Waals surface area (Å²) in [5.74, 6) is -0.981. The van der Waals surface area contributed by atoms with Gasteiger partial charge in [-0.2, -0.15) is 0 Å². The number of aryl methyl sites for hydroxylation is 1. The van der Waals surface area contributed by atoms with Gasteiger partial charge in [-0.15, -0.1) is 0 Å². The fraction of sp³-hybridized carbons (Fsp3) is 0.120. The predicted octanol–water partition coefficient (Wildman–Crippen LogP) is 4.00. The van der Waals surface area contributed by atoms with Crippen molar-refractivity contribution in [1.82, 2.24) is 14.9 Å². The smallest absolute Gasteiger partial charge is 0.266 e. The predicted molar refractivity (Wildman–Crippen MR) is 126 cm³/mol. The molecule has 6 nitrogen and oxygen atoms in total. The number of para-hydroxylation sites is 1. The SMILES string of the molecule is CCc1ccc(-n2c(SCC(=O)NC(=O)c3ccccc3)nc3ccccc3c2=O)cc1. The summed E-state index contributed by atoms with van der Waals surface area (Å²) in [5.41, 5.74) is 2.59. The number of carbonyl (C=O) groups is 2. The Morgan fingerprint density at radius 1 is 0.938 bits per heavy atom. The molecule has 7 heteroatoms. The number of carbonyl (C=O) groups excluding carboxylic acids is 2. The van der Waals surface area contributed by atoms with Gasteiger partial charge >= 0.3 is 0 Å². The Balaban J connectivity index is 1.63. The summed E-state index contributed by atoms with van der Waals surface area (Å²) in [5, 5.41) is 3.27. The Hall–Kier alpha value is -3.71. The van der Waals surface area contributed by atoms with Crippen LogP contribution >= 0.6 is 11.8 Å². The van der Waals surface area contributed by atoms with E-state index in [2.05, 4.69) is 17.2 Å². The van der Waals surface area contributed by atoms with Crippen molar-refractivity contribution in [2.24, 2.45) is 0 Å². The lowest BCUT2D eigenvalue weighted by atomic mass is 10.1. The van der Waals surface area contributed by atoms with Gasteiger partial charge in [-0.25, -0.2) is 4.98 Å². The molecule has 0 fully saturated rings. The molecule has 160 valence electrons. The highest BCUT2D eigenvalue weighted by Gasteiger charge is 2.16. The monoisotopic (exact) mass is 443 g/mol. The highest BCUT2D eigenvalue weighted by molar-refractivity contribution is 7.99. The number of imide groups is 1. The molecule has 0 unspecified atom stereocenters. The van der Waals surface area contributed by atoms with Crippen LogP contribution < -0.4 is 10.9 Å². The van der Waals surface area contributed by atoms with Gasteiger partial charge in [-0.05, 0) is 48.4 Å². The molecule has 0 spiro atoms. The van der Waals surface area contributed by atoms with Gasteiger partial charge in [-0.1, -0.05) is 61.2 Å². The minimum absolute atomic E-state index is 0.0591. The van der Waals surface area contributed by atoms with E-state index in [9.17, 15) is 14.4 Å². The highest BCUT2D eigenvalue weighted by atomic mass is 32.2. The summed E-state index contributed by atoms with van der Waals surface area (Å²) in [4.78, 5) is 42.5. The van der Waals surface area contributed by atoms with Gasteiger partial charge in [0.2, 0.25) is 5.91 Å². The fourth-order valence-corrected chi connectivity index (χ4v) is 4.08. The molecule has 0 radical (unpaired) electrons. The zero-order chi connectivity index (χ0) is 22.5. The second kappa shape index (κ2) is 9.62. The van der Waals surface area contributed by atoms with Gasteiger partial charge in [0.05, 0.1) is 22.3 Å². The first-order chi connectivity index (χ1) is 15.6. The second-order valence-electron chi connectivity index (χ2n) is 7.10. The average Bonchev–Trinajstić information content (AvgIpc) is 2.83. The average molecular weight is 444 g/mol. The maximum atomic E-state index is 13.3. The molecule has 4 aromatic rings. The minimum Gasteiger partial charge on any atom is -0.292 e. The molecule has 0 aliphatic heterocycles. The van der Waals surface area contributed by atoms with Gasteiger partial charge in [0.25, 0.3) is 11.5 Å². The van der Waals surface area contributed by atoms with E-state index in [-0.39, 0.29) is 11.3 Å². The van der Waals surface area contributed by atoms with Crippen LogP contribution in [-0.2, 0) is 11.2 Å². The molecule has 0 saturated carbocycles. The molecule has 0 aliphatic rings. The molecule has 4 rings (SSSR count). The van der Waals surface area contributed by atoms with E-state index >= 15 is 0 Å². The Morgan fingerprint density at radius 3 is 2.34 bits per heavy atom. The molecule has 1 aromatic heterocycles. The molecule has 0 atom stereocenters. The molecule has 2 amide bonds.